The van der Waals surface area contributed by atoms with E-state index in [9.17, 15) is 9.59 Å². The monoisotopic (exact) mass is 475 g/mol. The Morgan fingerprint density at radius 1 is 0.969 bits per heavy atom. The number of anilines is 2. The normalized spacial score (nSPS) is 16.8. The fourth-order valence-corrected chi connectivity index (χ4v) is 4.67. The molecule has 0 aromatic heterocycles. The number of piperazine rings is 1. The van der Waals surface area contributed by atoms with E-state index in [0.717, 1.165) is 56.8 Å². The van der Waals surface area contributed by atoms with Crippen LogP contribution >= 0.6 is 23.2 Å². The van der Waals surface area contributed by atoms with Gasteiger partial charge in [-0.05, 0) is 49.6 Å². The van der Waals surface area contributed by atoms with Crippen molar-refractivity contribution in [3.8, 4) is 5.75 Å². The van der Waals surface area contributed by atoms with Crippen molar-refractivity contribution in [1.29, 1.82) is 0 Å². The Balaban J connectivity index is 1.19. The number of halogens is 2. The Morgan fingerprint density at radius 3 is 2.56 bits per heavy atom. The Morgan fingerprint density at radius 2 is 1.78 bits per heavy atom. The molecule has 2 aromatic carbocycles. The number of nitrogens with zero attached hydrogens (tertiary/aromatic N) is 3. The van der Waals surface area contributed by atoms with Crippen LogP contribution in [-0.2, 0) is 16.0 Å². The maximum Gasteiger partial charge on any atom is 0.233 e. The van der Waals surface area contributed by atoms with E-state index in [1.54, 1.807) is 6.07 Å². The molecule has 0 aliphatic carbocycles. The van der Waals surface area contributed by atoms with Gasteiger partial charge < -0.3 is 9.64 Å². The minimum atomic E-state index is -0.164. The molecule has 0 atom stereocenters. The highest BCUT2D eigenvalue weighted by molar-refractivity contribution is 6.43. The number of unbranched alkanes of at least 4 members (excludes halogenated alkanes) is 1. The summed E-state index contributed by atoms with van der Waals surface area (Å²) >= 11 is 12.5. The fourth-order valence-electron chi connectivity index (χ4n) is 4.26. The van der Waals surface area contributed by atoms with Gasteiger partial charge in [-0.25, -0.2) is 0 Å². The summed E-state index contributed by atoms with van der Waals surface area (Å²) in [7, 11) is 0. The van der Waals surface area contributed by atoms with E-state index in [1.165, 1.54) is 4.90 Å². The van der Waals surface area contributed by atoms with Crippen LogP contribution < -0.4 is 14.5 Å². The number of carbonyl (C=O) groups excluding carboxylic acids is 2. The summed E-state index contributed by atoms with van der Waals surface area (Å²) in [6, 6.07) is 11.4. The van der Waals surface area contributed by atoms with Crippen LogP contribution in [0.25, 0.3) is 0 Å². The van der Waals surface area contributed by atoms with E-state index in [0.29, 0.717) is 47.3 Å². The lowest BCUT2D eigenvalue weighted by molar-refractivity contribution is -0.122. The minimum absolute atomic E-state index is 0.164. The van der Waals surface area contributed by atoms with Gasteiger partial charge in [0.1, 0.15) is 5.75 Å². The third-order valence-electron chi connectivity index (χ3n) is 6.08. The summed E-state index contributed by atoms with van der Waals surface area (Å²) in [6.07, 6.45) is 3.60. The lowest BCUT2D eigenvalue weighted by Gasteiger charge is -2.36. The van der Waals surface area contributed by atoms with E-state index in [4.69, 9.17) is 27.9 Å². The molecule has 32 heavy (non-hydrogen) atoms. The number of ether oxygens (including phenoxy) is 1. The molecule has 0 N–H and O–H groups in total. The minimum Gasteiger partial charge on any atom is -0.494 e. The van der Waals surface area contributed by atoms with Gasteiger partial charge in [-0.3, -0.25) is 19.4 Å². The Bertz CT molecular complexity index is 977. The first-order chi connectivity index (χ1) is 15.6. The topological polar surface area (TPSA) is 53.1 Å². The van der Waals surface area contributed by atoms with Gasteiger partial charge in [-0.15, -0.1) is 0 Å². The Kier molecular flexibility index (Phi) is 7.55. The summed E-state index contributed by atoms with van der Waals surface area (Å²) < 4.78 is 5.88. The van der Waals surface area contributed by atoms with Crippen LogP contribution in [0, 0.1) is 0 Å². The molecular formula is C24H27Cl2N3O3. The number of hydrogen-bond donors (Lipinski definition) is 0. The van der Waals surface area contributed by atoms with Crippen molar-refractivity contribution in [3.05, 3.63) is 52.0 Å². The predicted molar refractivity (Wildman–Crippen MR) is 128 cm³/mol. The molecule has 0 spiro atoms. The number of hydrogen-bond acceptors (Lipinski definition) is 5. The van der Waals surface area contributed by atoms with Gasteiger partial charge >= 0.3 is 0 Å². The number of carbonyl (C=O) groups is 2. The molecule has 2 heterocycles. The first-order valence-corrected chi connectivity index (χ1v) is 11.8. The molecule has 2 aliphatic heterocycles. The highest BCUT2D eigenvalue weighted by atomic mass is 35.5. The number of aryl methyl sites for hydroxylation is 1. The van der Waals surface area contributed by atoms with Crippen molar-refractivity contribution in [2.45, 2.75) is 25.7 Å². The molecule has 2 aliphatic rings. The lowest BCUT2D eigenvalue weighted by atomic mass is 10.0. The standard InChI is InChI=1S/C24H27Cl2N3O3/c25-20-4-3-5-21(24(20)26)28-13-11-27(12-14-28)10-1-2-15-32-19-8-6-18-7-9-23(31)29(17-30)22(18)16-19/h3-6,8,16-17H,1-2,7,9-15H2. The third-order valence-corrected chi connectivity index (χ3v) is 6.89. The summed E-state index contributed by atoms with van der Waals surface area (Å²) in [6.45, 7) is 5.47. The molecular weight excluding hydrogens is 449 g/mol. The zero-order chi connectivity index (χ0) is 22.5. The van der Waals surface area contributed by atoms with E-state index in [2.05, 4.69) is 9.80 Å². The zero-order valence-electron chi connectivity index (χ0n) is 17.9. The molecule has 2 aromatic rings. The summed E-state index contributed by atoms with van der Waals surface area (Å²) in [4.78, 5) is 29.1. The van der Waals surface area contributed by atoms with Crippen LogP contribution in [0.5, 0.6) is 5.75 Å². The van der Waals surface area contributed by atoms with Crippen LogP contribution in [0.2, 0.25) is 10.0 Å². The first-order valence-electron chi connectivity index (χ1n) is 11.0. The second kappa shape index (κ2) is 10.6. The van der Waals surface area contributed by atoms with E-state index in [1.807, 2.05) is 30.3 Å². The molecule has 6 nitrogen and oxygen atoms in total. The third kappa shape index (κ3) is 5.20. The van der Waals surface area contributed by atoms with Crippen LogP contribution in [0.3, 0.4) is 0 Å². The number of fused-ring (bicyclic) bond motifs is 1. The number of benzene rings is 2. The van der Waals surface area contributed by atoms with Gasteiger partial charge in [0, 0.05) is 38.7 Å². The van der Waals surface area contributed by atoms with Gasteiger partial charge in [-0.1, -0.05) is 35.3 Å². The second-order valence-electron chi connectivity index (χ2n) is 8.12. The van der Waals surface area contributed by atoms with Gasteiger partial charge in [-0.2, -0.15) is 0 Å². The van der Waals surface area contributed by atoms with Gasteiger partial charge in [0.2, 0.25) is 12.3 Å². The van der Waals surface area contributed by atoms with Crippen molar-refractivity contribution in [3.63, 3.8) is 0 Å². The number of imide groups is 1. The largest absolute Gasteiger partial charge is 0.494 e. The highest BCUT2D eigenvalue weighted by Crippen LogP contribution is 2.33. The number of amides is 2. The lowest BCUT2D eigenvalue weighted by Crippen LogP contribution is -2.46. The quantitative estimate of drug-likeness (QED) is 0.418. The molecule has 1 fully saturated rings. The van der Waals surface area contributed by atoms with Crippen molar-refractivity contribution in [1.82, 2.24) is 4.90 Å². The van der Waals surface area contributed by atoms with Crippen molar-refractivity contribution in [2.24, 2.45) is 0 Å². The SMILES string of the molecule is O=CN1C(=O)CCc2ccc(OCCCCN3CCN(c4cccc(Cl)c4Cl)CC3)cc21. The van der Waals surface area contributed by atoms with E-state index >= 15 is 0 Å². The van der Waals surface area contributed by atoms with Gasteiger partial charge in [0.25, 0.3) is 0 Å². The predicted octanol–water partition coefficient (Wildman–Crippen LogP) is 4.41. The first kappa shape index (κ1) is 22.9. The average molecular weight is 476 g/mol. The van der Waals surface area contributed by atoms with Gasteiger partial charge in [0.05, 0.1) is 28.0 Å². The Hall–Kier alpha value is -2.28. The van der Waals surface area contributed by atoms with Crippen LogP contribution in [0.15, 0.2) is 36.4 Å². The van der Waals surface area contributed by atoms with E-state index in [-0.39, 0.29) is 5.91 Å². The molecule has 8 heteroatoms. The highest BCUT2D eigenvalue weighted by Gasteiger charge is 2.24. The maximum absolute atomic E-state index is 11.9. The molecule has 4 rings (SSSR count). The smallest absolute Gasteiger partial charge is 0.233 e. The number of rotatable bonds is 8. The van der Waals surface area contributed by atoms with Crippen LogP contribution in [0.4, 0.5) is 11.4 Å². The van der Waals surface area contributed by atoms with Crippen molar-refractivity contribution in [2.75, 3.05) is 49.1 Å². The Labute approximate surface area is 198 Å². The summed E-state index contributed by atoms with van der Waals surface area (Å²) in [5.74, 6) is 0.527. The summed E-state index contributed by atoms with van der Waals surface area (Å²) in [5, 5.41) is 1.22. The van der Waals surface area contributed by atoms with Crippen LogP contribution in [-0.4, -0.2) is 56.5 Å². The molecule has 1 saturated heterocycles. The molecule has 0 saturated carbocycles. The molecule has 0 radical (unpaired) electrons. The molecule has 0 bridgehead atoms. The fraction of sp³-hybridized carbons (Fsp3) is 0.417. The second-order valence-corrected chi connectivity index (χ2v) is 8.90. The summed E-state index contributed by atoms with van der Waals surface area (Å²) in [5.41, 5.74) is 2.65. The van der Waals surface area contributed by atoms with E-state index < -0.39 is 0 Å². The van der Waals surface area contributed by atoms with Crippen molar-refractivity contribution < 1.29 is 14.3 Å². The van der Waals surface area contributed by atoms with Gasteiger partial charge in [0.15, 0.2) is 0 Å². The maximum atomic E-state index is 11.9. The molecule has 170 valence electrons. The molecule has 2 amide bonds. The van der Waals surface area contributed by atoms with Crippen molar-refractivity contribution >= 4 is 46.9 Å². The zero-order valence-corrected chi connectivity index (χ0v) is 19.4. The molecule has 0 unspecified atom stereocenters. The van der Waals surface area contributed by atoms with Crippen LogP contribution in [0.1, 0.15) is 24.8 Å². The average Bonchev–Trinajstić information content (AvgIpc) is 2.81.